The minimum atomic E-state index is 0.537. The van der Waals surface area contributed by atoms with Crippen LogP contribution in [0.2, 0.25) is 0 Å². The Morgan fingerprint density at radius 3 is 2.70 bits per heavy atom. The summed E-state index contributed by atoms with van der Waals surface area (Å²) < 4.78 is 0. The summed E-state index contributed by atoms with van der Waals surface area (Å²) in [6, 6.07) is 0. The fourth-order valence-corrected chi connectivity index (χ4v) is 1.04. The van der Waals surface area contributed by atoms with Gasteiger partial charge in [-0.05, 0) is 24.5 Å². The molecule has 0 fully saturated rings. The average Bonchev–Trinajstić information content (AvgIpc) is 2.05. The van der Waals surface area contributed by atoms with Crippen LogP contribution in [0.5, 0.6) is 0 Å². The minimum Gasteiger partial charge on any atom is -0.330 e. The van der Waals surface area contributed by atoms with Gasteiger partial charge in [0, 0.05) is 6.54 Å². The standard InChI is InChI=1S/C8H14N2/c9-5-7-1-2-8(6-10)4-3-7/h1-3,8H,4-6,9-10H2/t8-/m0/s1. The first kappa shape index (κ1) is 7.51. The van der Waals surface area contributed by atoms with Crippen LogP contribution in [0.1, 0.15) is 6.42 Å². The second kappa shape index (κ2) is 3.54. The van der Waals surface area contributed by atoms with E-state index in [9.17, 15) is 0 Å². The lowest BCUT2D eigenvalue weighted by Gasteiger charge is -2.12. The Labute approximate surface area is 61.6 Å². The molecule has 10 heavy (non-hydrogen) atoms. The van der Waals surface area contributed by atoms with Crippen molar-refractivity contribution < 1.29 is 0 Å². The molecule has 0 radical (unpaired) electrons. The number of hydrogen-bond donors (Lipinski definition) is 2. The second-order valence-corrected chi connectivity index (χ2v) is 2.57. The summed E-state index contributed by atoms with van der Waals surface area (Å²) in [4.78, 5) is 0. The molecule has 2 nitrogen and oxygen atoms in total. The smallest absolute Gasteiger partial charge is 0.0174 e. The van der Waals surface area contributed by atoms with E-state index in [4.69, 9.17) is 11.5 Å². The van der Waals surface area contributed by atoms with Gasteiger partial charge in [0.15, 0.2) is 0 Å². The van der Waals surface area contributed by atoms with Crippen molar-refractivity contribution in [2.75, 3.05) is 13.1 Å². The molecule has 2 heteroatoms. The Hall–Kier alpha value is -0.600. The van der Waals surface area contributed by atoms with Crippen LogP contribution in [0, 0.1) is 5.92 Å². The second-order valence-electron chi connectivity index (χ2n) is 2.57. The molecular formula is C8H14N2. The molecule has 0 aliphatic heterocycles. The first-order valence-corrected chi connectivity index (χ1v) is 3.64. The third kappa shape index (κ3) is 1.69. The van der Waals surface area contributed by atoms with Crippen LogP contribution in [0.25, 0.3) is 0 Å². The molecule has 56 valence electrons. The Morgan fingerprint density at radius 1 is 1.50 bits per heavy atom. The van der Waals surface area contributed by atoms with E-state index in [0.717, 1.165) is 13.0 Å². The fourth-order valence-electron chi connectivity index (χ4n) is 1.04. The Bertz CT molecular complexity index is 159. The SMILES string of the molecule is NCC1=CC[C@@H](CN)C=C1. The molecule has 0 bridgehead atoms. The average molecular weight is 138 g/mol. The number of hydrogen-bond acceptors (Lipinski definition) is 2. The van der Waals surface area contributed by atoms with Crippen molar-refractivity contribution in [1.29, 1.82) is 0 Å². The molecule has 0 amide bonds. The van der Waals surface area contributed by atoms with E-state index in [-0.39, 0.29) is 0 Å². The van der Waals surface area contributed by atoms with Gasteiger partial charge in [0.1, 0.15) is 0 Å². The maximum absolute atomic E-state index is 5.48. The van der Waals surface area contributed by atoms with Gasteiger partial charge < -0.3 is 11.5 Å². The molecule has 1 atom stereocenters. The van der Waals surface area contributed by atoms with Crippen molar-refractivity contribution in [3.05, 3.63) is 23.8 Å². The molecule has 0 aromatic rings. The van der Waals surface area contributed by atoms with Gasteiger partial charge in [-0.3, -0.25) is 0 Å². The maximum atomic E-state index is 5.48. The Balaban J connectivity index is 2.46. The summed E-state index contributed by atoms with van der Waals surface area (Å²) in [5.41, 5.74) is 12.1. The topological polar surface area (TPSA) is 52.0 Å². The van der Waals surface area contributed by atoms with E-state index in [1.807, 2.05) is 0 Å². The van der Waals surface area contributed by atoms with Gasteiger partial charge in [0.2, 0.25) is 0 Å². The zero-order valence-electron chi connectivity index (χ0n) is 6.09. The molecule has 1 aliphatic rings. The van der Waals surface area contributed by atoms with E-state index in [0.29, 0.717) is 12.5 Å². The fraction of sp³-hybridized carbons (Fsp3) is 0.500. The van der Waals surface area contributed by atoms with Crippen LogP contribution in [-0.2, 0) is 0 Å². The van der Waals surface area contributed by atoms with Gasteiger partial charge in [0.25, 0.3) is 0 Å². The molecule has 0 saturated heterocycles. The van der Waals surface area contributed by atoms with Crippen molar-refractivity contribution in [1.82, 2.24) is 0 Å². The monoisotopic (exact) mass is 138 g/mol. The quantitative estimate of drug-likeness (QED) is 0.580. The minimum absolute atomic E-state index is 0.537. The first-order valence-electron chi connectivity index (χ1n) is 3.64. The van der Waals surface area contributed by atoms with E-state index in [2.05, 4.69) is 18.2 Å². The van der Waals surface area contributed by atoms with Crippen molar-refractivity contribution in [2.24, 2.45) is 17.4 Å². The summed E-state index contributed by atoms with van der Waals surface area (Å²) in [6.45, 7) is 1.39. The van der Waals surface area contributed by atoms with Gasteiger partial charge in [-0.2, -0.15) is 0 Å². The van der Waals surface area contributed by atoms with Gasteiger partial charge >= 0.3 is 0 Å². The number of nitrogens with two attached hydrogens (primary N) is 2. The van der Waals surface area contributed by atoms with Crippen molar-refractivity contribution in [2.45, 2.75) is 6.42 Å². The van der Waals surface area contributed by atoms with Gasteiger partial charge in [-0.25, -0.2) is 0 Å². The molecule has 1 aliphatic carbocycles. The normalized spacial score (nSPS) is 24.6. The number of rotatable bonds is 2. The molecule has 0 heterocycles. The van der Waals surface area contributed by atoms with Gasteiger partial charge in [-0.1, -0.05) is 18.2 Å². The lowest BCUT2D eigenvalue weighted by atomic mass is 9.97. The van der Waals surface area contributed by atoms with Gasteiger partial charge in [0.05, 0.1) is 0 Å². The molecule has 0 spiro atoms. The van der Waals surface area contributed by atoms with Gasteiger partial charge in [-0.15, -0.1) is 0 Å². The Kier molecular flexibility index (Phi) is 2.66. The van der Waals surface area contributed by atoms with E-state index < -0.39 is 0 Å². The molecular weight excluding hydrogens is 124 g/mol. The summed E-state index contributed by atoms with van der Waals surface area (Å²) >= 11 is 0. The highest BCUT2D eigenvalue weighted by atomic mass is 14.5. The summed E-state index contributed by atoms with van der Waals surface area (Å²) in [5, 5.41) is 0. The third-order valence-corrected chi connectivity index (χ3v) is 1.80. The van der Waals surface area contributed by atoms with Crippen molar-refractivity contribution in [3.8, 4) is 0 Å². The molecule has 0 aromatic heterocycles. The van der Waals surface area contributed by atoms with E-state index in [1.54, 1.807) is 0 Å². The van der Waals surface area contributed by atoms with Crippen molar-refractivity contribution in [3.63, 3.8) is 0 Å². The van der Waals surface area contributed by atoms with E-state index >= 15 is 0 Å². The molecule has 0 unspecified atom stereocenters. The highest BCUT2D eigenvalue weighted by Crippen LogP contribution is 2.13. The van der Waals surface area contributed by atoms with Crippen LogP contribution in [0.3, 0.4) is 0 Å². The molecule has 0 aromatic carbocycles. The summed E-state index contributed by atoms with van der Waals surface area (Å²) in [5.74, 6) is 0.537. The van der Waals surface area contributed by atoms with Crippen LogP contribution in [0.15, 0.2) is 23.8 Å². The molecule has 4 N–H and O–H groups in total. The number of allylic oxidation sites excluding steroid dienone is 1. The summed E-state index contributed by atoms with van der Waals surface area (Å²) in [6.07, 6.45) is 7.43. The molecule has 1 rings (SSSR count). The van der Waals surface area contributed by atoms with Crippen molar-refractivity contribution >= 4 is 0 Å². The highest BCUT2D eigenvalue weighted by molar-refractivity contribution is 5.24. The van der Waals surface area contributed by atoms with Crippen LogP contribution >= 0.6 is 0 Å². The summed E-state index contributed by atoms with van der Waals surface area (Å²) in [7, 11) is 0. The van der Waals surface area contributed by atoms with E-state index in [1.165, 1.54) is 5.57 Å². The largest absolute Gasteiger partial charge is 0.330 e. The predicted molar refractivity (Wildman–Crippen MR) is 43.4 cm³/mol. The zero-order valence-corrected chi connectivity index (χ0v) is 6.09. The molecule has 0 saturated carbocycles. The van der Waals surface area contributed by atoms with Crippen LogP contribution < -0.4 is 11.5 Å². The Morgan fingerprint density at radius 2 is 2.30 bits per heavy atom. The highest BCUT2D eigenvalue weighted by Gasteiger charge is 2.04. The third-order valence-electron chi connectivity index (χ3n) is 1.80. The lowest BCUT2D eigenvalue weighted by molar-refractivity contribution is 0.664. The van der Waals surface area contributed by atoms with Crippen LogP contribution in [-0.4, -0.2) is 13.1 Å². The first-order chi connectivity index (χ1) is 4.86. The maximum Gasteiger partial charge on any atom is 0.0174 e. The van der Waals surface area contributed by atoms with Crippen LogP contribution in [0.4, 0.5) is 0 Å². The lowest BCUT2D eigenvalue weighted by Crippen LogP contribution is -2.14. The zero-order chi connectivity index (χ0) is 7.40. The predicted octanol–water partition coefficient (Wildman–Crippen LogP) is 0.406.